The van der Waals surface area contributed by atoms with Crippen molar-refractivity contribution in [2.24, 2.45) is 10.8 Å². The van der Waals surface area contributed by atoms with Crippen LogP contribution in [0.1, 0.15) is 17.0 Å². The van der Waals surface area contributed by atoms with Crippen LogP contribution in [0.5, 0.6) is 0 Å². The molecule has 3 aromatic carbocycles. The largest absolute Gasteiger partial charge is 0.368 e. The van der Waals surface area contributed by atoms with E-state index in [0.29, 0.717) is 22.3 Å². The number of hydrogen-bond acceptors (Lipinski definition) is 5. The Morgan fingerprint density at radius 2 is 1.57 bits per heavy atom. The molecule has 1 atom stereocenters. The topological polar surface area (TPSA) is 98.5 Å². The van der Waals surface area contributed by atoms with Crippen LogP contribution in [-0.2, 0) is 11.3 Å². The van der Waals surface area contributed by atoms with Gasteiger partial charge in [0.15, 0.2) is 0 Å². The first-order valence-electron chi connectivity index (χ1n) is 10.8. The van der Waals surface area contributed by atoms with Gasteiger partial charge in [0, 0.05) is 16.0 Å². The van der Waals surface area contributed by atoms with E-state index < -0.39 is 11.6 Å². The summed E-state index contributed by atoms with van der Waals surface area (Å²) in [6.07, 6.45) is 0. The van der Waals surface area contributed by atoms with Crippen LogP contribution in [-0.4, -0.2) is 32.5 Å². The number of aromatic nitrogens is 3. The third-order valence-electron chi connectivity index (χ3n) is 5.71. The van der Waals surface area contributed by atoms with E-state index in [1.165, 1.54) is 9.25 Å². The predicted octanol–water partition coefficient (Wildman–Crippen LogP) is 3.83. The number of nitrogens with two attached hydrogens (primary N) is 1. The van der Waals surface area contributed by atoms with Gasteiger partial charge in [0.05, 0.1) is 17.9 Å². The minimum atomic E-state index is -0.662. The van der Waals surface area contributed by atoms with Gasteiger partial charge in [0.1, 0.15) is 6.54 Å². The van der Waals surface area contributed by atoms with E-state index >= 15 is 0 Å². The highest BCUT2D eigenvalue weighted by molar-refractivity contribution is 6.31. The molecule has 0 aliphatic carbocycles. The lowest BCUT2D eigenvalue weighted by atomic mass is 9.91. The van der Waals surface area contributed by atoms with Crippen LogP contribution in [0.4, 0.5) is 5.95 Å². The van der Waals surface area contributed by atoms with Crippen molar-refractivity contribution in [3.8, 4) is 5.69 Å². The number of primary amides is 1. The summed E-state index contributed by atoms with van der Waals surface area (Å²) >= 11 is 12.1. The lowest BCUT2D eigenvalue weighted by Crippen LogP contribution is -2.31. The molecular formula is C25H20Cl2N6O2. The SMILES string of the molecule is NC(=O)Cn1c(N2C[C@@H](c3ccccc3)C(c3ccc(Cl)cc3)=N2)nn(-c2ccc(Cl)cc2)c1=O. The highest BCUT2D eigenvalue weighted by Crippen LogP contribution is 2.31. The molecule has 2 heterocycles. The number of hydrogen-bond donors (Lipinski definition) is 1. The van der Waals surface area contributed by atoms with Crippen molar-refractivity contribution in [2.75, 3.05) is 11.6 Å². The van der Waals surface area contributed by atoms with Crippen LogP contribution < -0.4 is 16.4 Å². The molecule has 10 heteroatoms. The van der Waals surface area contributed by atoms with Crippen molar-refractivity contribution in [3.63, 3.8) is 0 Å². The Hall–Kier alpha value is -3.88. The van der Waals surface area contributed by atoms with E-state index in [4.69, 9.17) is 34.0 Å². The second-order valence-corrected chi connectivity index (χ2v) is 8.93. The lowest BCUT2D eigenvalue weighted by Gasteiger charge is -2.16. The molecule has 4 aromatic rings. The van der Waals surface area contributed by atoms with Crippen LogP contribution in [0.25, 0.3) is 5.69 Å². The number of carbonyl (C=O) groups excluding carboxylic acids is 1. The molecule has 0 saturated carbocycles. The average Bonchev–Trinajstić information content (AvgIpc) is 3.43. The molecule has 5 rings (SSSR count). The normalized spacial score (nSPS) is 15.3. The molecule has 0 spiro atoms. The molecule has 176 valence electrons. The minimum Gasteiger partial charge on any atom is -0.368 e. The summed E-state index contributed by atoms with van der Waals surface area (Å²) in [5.74, 6) is -0.548. The second kappa shape index (κ2) is 9.40. The molecule has 0 fully saturated rings. The van der Waals surface area contributed by atoms with Gasteiger partial charge in [-0.3, -0.25) is 4.79 Å². The van der Waals surface area contributed by atoms with E-state index in [9.17, 15) is 9.59 Å². The molecule has 8 nitrogen and oxygen atoms in total. The first kappa shape index (κ1) is 22.9. The van der Waals surface area contributed by atoms with Gasteiger partial charge in [-0.05, 0) is 47.5 Å². The minimum absolute atomic E-state index is 0.102. The number of amides is 1. The summed E-state index contributed by atoms with van der Waals surface area (Å²) in [6.45, 7) is 0.0812. The number of benzene rings is 3. The highest BCUT2D eigenvalue weighted by Gasteiger charge is 2.33. The average molecular weight is 507 g/mol. The maximum absolute atomic E-state index is 13.2. The van der Waals surface area contributed by atoms with Gasteiger partial charge in [0.25, 0.3) is 0 Å². The first-order valence-corrected chi connectivity index (χ1v) is 11.6. The zero-order valence-electron chi connectivity index (χ0n) is 18.4. The van der Waals surface area contributed by atoms with E-state index in [2.05, 4.69) is 5.10 Å². The second-order valence-electron chi connectivity index (χ2n) is 8.06. The quantitative estimate of drug-likeness (QED) is 0.429. The molecule has 0 bridgehead atoms. The third-order valence-corrected chi connectivity index (χ3v) is 6.22. The van der Waals surface area contributed by atoms with Crippen LogP contribution in [0, 0.1) is 0 Å². The number of hydrazone groups is 1. The molecule has 1 aromatic heterocycles. The summed E-state index contributed by atoms with van der Waals surface area (Å²) in [4.78, 5) is 25.1. The summed E-state index contributed by atoms with van der Waals surface area (Å²) in [5, 5.41) is 12.2. The van der Waals surface area contributed by atoms with E-state index in [1.807, 2.05) is 54.6 Å². The van der Waals surface area contributed by atoms with Gasteiger partial charge < -0.3 is 5.73 Å². The van der Waals surface area contributed by atoms with Crippen molar-refractivity contribution >= 4 is 40.8 Å². The summed E-state index contributed by atoms with van der Waals surface area (Å²) in [6, 6.07) is 24.0. The Morgan fingerprint density at radius 1 is 0.943 bits per heavy atom. The number of halogens is 2. The standard InChI is InChI=1S/C25H20Cl2N6O2/c26-18-8-6-17(7-9-18)23-21(16-4-2-1-3-5-16)14-32(29-23)24-30-33(20-12-10-19(27)11-13-20)25(35)31(24)15-22(28)34/h1-13,21H,14-15H2,(H2,28,34)/t21-/m0/s1. The number of nitrogens with zero attached hydrogens (tertiary/aromatic N) is 5. The van der Waals surface area contributed by atoms with E-state index in [-0.39, 0.29) is 18.4 Å². The Balaban J connectivity index is 1.63. The smallest absolute Gasteiger partial charge is 0.352 e. The molecule has 1 aliphatic rings. The van der Waals surface area contributed by atoms with Crippen molar-refractivity contribution in [2.45, 2.75) is 12.5 Å². The number of carbonyl (C=O) groups is 1. The van der Waals surface area contributed by atoms with Crippen molar-refractivity contribution in [1.29, 1.82) is 0 Å². The van der Waals surface area contributed by atoms with Gasteiger partial charge in [0.2, 0.25) is 11.9 Å². The highest BCUT2D eigenvalue weighted by atomic mass is 35.5. The molecule has 1 aliphatic heterocycles. The summed E-state index contributed by atoms with van der Waals surface area (Å²) < 4.78 is 2.44. The Labute approximate surface area is 210 Å². The number of anilines is 1. The van der Waals surface area contributed by atoms with Crippen LogP contribution in [0.2, 0.25) is 10.0 Å². The van der Waals surface area contributed by atoms with Gasteiger partial charge in [-0.1, -0.05) is 65.7 Å². The van der Waals surface area contributed by atoms with Crippen LogP contribution in [0.3, 0.4) is 0 Å². The fourth-order valence-corrected chi connectivity index (χ4v) is 4.33. The molecule has 0 unspecified atom stereocenters. The Bertz CT molecular complexity index is 1460. The van der Waals surface area contributed by atoms with E-state index in [0.717, 1.165) is 16.8 Å². The van der Waals surface area contributed by atoms with Gasteiger partial charge in [-0.2, -0.15) is 9.78 Å². The van der Waals surface area contributed by atoms with Crippen LogP contribution >= 0.6 is 23.2 Å². The number of rotatable bonds is 6. The third kappa shape index (κ3) is 4.58. The molecule has 0 radical (unpaired) electrons. The van der Waals surface area contributed by atoms with Gasteiger partial charge in [-0.25, -0.2) is 14.4 Å². The molecule has 35 heavy (non-hydrogen) atoms. The van der Waals surface area contributed by atoms with Crippen molar-refractivity contribution in [1.82, 2.24) is 14.3 Å². The van der Waals surface area contributed by atoms with Crippen LogP contribution in [0.15, 0.2) is 88.8 Å². The molecule has 0 saturated heterocycles. The molecule has 2 N–H and O–H groups in total. The fourth-order valence-electron chi connectivity index (χ4n) is 4.08. The predicted molar refractivity (Wildman–Crippen MR) is 137 cm³/mol. The molecule has 1 amide bonds. The lowest BCUT2D eigenvalue weighted by molar-refractivity contribution is -0.118. The fraction of sp³-hybridized carbons (Fsp3) is 0.120. The summed E-state index contributed by atoms with van der Waals surface area (Å²) in [5.41, 5.74) is 8.21. The summed E-state index contributed by atoms with van der Waals surface area (Å²) in [7, 11) is 0. The van der Waals surface area contributed by atoms with Crippen molar-refractivity contribution < 1.29 is 4.79 Å². The van der Waals surface area contributed by atoms with Gasteiger partial charge >= 0.3 is 5.69 Å². The van der Waals surface area contributed by atoms with E-state index in [1.54, 1.807) is 29.3 Å². The molecular weight excluding hydrogens is 487 g/mol. The Morgan fingerprint density at radius 3 is 2.20 bits per heavy atom. The van der Waals surface area contributed by atoms with Gasteiger partial charge in [-0.15, -0.1) is 5.10 Å². The van der Waals surface area contributed by atoms with Crippen molar-refractivity contribution in [3.05, 3.63) is 111 Å². The Kier molecular flexibility index (Phi) is 6.15. The maximum atomic E-state index is 13.2. The zero-order chi connectivity index (χ0) is 24.5. The monoisotopic (exact) mass is 506 g/mol. The first-order chi connectivity index (χ1) is 16.9. The zero-order valence-corrected chi connectivity index (χ0v) is 19.9. The maximum Gasteiger partial charge on any atom is 0.352 e.